The fraction of sp³-hybridized carbons (Fsp3) is 0.545. The molecule has 0 radical (unpaired) electrons. The number of hydrogen-bond donors (Lipinski definition) is 1. The number of carbonyl (C=O) groups excluding carboxylic acids is 1. The van der Waals surface area contributed by atoms with Gasteiger partial charge in [0.15, 0.2) is 5.69 Å². The number of amides is 1. The van der Waals surface area contributed by atoms with Gasteiger partial charge in [0.25, 0.3) is 5.91 Å². The van der Waals surface area contributed by atoms with Gasteiger partial charge in [-0.05, 0) is 42.9 Å². The van der Waals surface area contributed by atoms with Gasteiger partial charge in [-0.3, -0.25) is 9.48 Å². The van der Waals surface area contributed by atoms with Gasteiger partial charge in [-0.2, -0.15) is 5.10 Å². The van der Waals surface area contributed by atoms with Gasteiger partial charge in [0.1, 0.15) is 5.75 Å². The molecule has 152 valence electrons. The Morgan fingerprint density at radius 2 is 2.18 bits per heavy atom. The van der Waals surface area contributed by atoms with Gasteiger partial charge in [-0.15, -0.1) is 0 Å². The minimum Gasteiger partial charge on any atom is -0.497 e. The van der Waals surface area contributed by atoms with E-state index >= 15 is 0 Å². The third kappa shape index (κ3) is 4.55. The number of rotatable bonds is 7. The monoisotopic (exact) mass is 384 g/mol. The number of ether oxygens (including phenoxy) is 1. The van der Waals surface area contributed by atoms with Crippen LogP contribution in [0.4, 0.5) is 0 Å². The van der Waals surface area contributed by atoms with Crippen LogP contribution >= 0.6 is 0 Å². The molecular formula is C22H32N4O2. The molecule has 1 heterocycles. The number of aromatic nitrogens is 2. The van der Waals surface area contributed by atoms with Crippen molar-refractivity contribution < 1.29 is 9.53 Å². The number of benzene rings is 1. The fourth-order valence-electron chi connectivity index (χ4n) is 3.79. The molecule has 1 N–H and O–H groups in total. The van der Waals surface area contributed by atoms with Crippen molar-refractivity contribution in [2.75, 3.05) is 21.2 Å². The largest absolute Gasteiger partial charge is 0.497 e. The van der Waals surface area contributed by atoms with Crippen LogP contribution in [0.2, 0.25) is 0 Å². The van der Waals surface area contributed by atoms with Crippen LogP contribution < -0.4 is 10.1 Å². The molecule has 1 unspecified atom stereocenters. The van der Waals surface area contributed by atoms with Gasteiger partial charge in [0, 0.05) is 44.5 Å². The molecule has 0 aliphatic heterocycles. The van der Waals surface area contributed by atoms with Crippen LogP contribution in [-0.2, 0) is 25.9 Å². The summed E-state index contributed by atoms with van der Waals surface area (Å²) in [5, 5.41) is 8.37. The predicted octanol–water partition coefficient (Wildman–Crippen LogP) is 2.90. The Hall–Kier alpha value is -2.34. The molecule has 1 aromatic heterocycles. The Morgan fingerprint density at radius 3 is 2.86 bits per heavy atom. The summed E-state index contributed by atoms with van der Waals surface area (Å²) in [4.78, 5) is 14.3. The third-order valence-corrected chi connectivity index (χ3v) is 5.22. The Labute approximate surface area is 167 Å². The zero-order valence-corrected chi connectivity index (χ0v) is 17.7. The van der Waals surface area contributed by atoms with Crippen LogP contribution in [-0.4, -0.2) is 47.8 Å². The van der Waals surface area contributed by atoms with E-state index in [-0.39, 0.29) is 5.91 Å². The highest BCUT2D eigenvalue weighted by molar-refractivity contribution is 5.93. The van der Waals surface area contributed by atoms with Crippen molar-refractivity contribution in [3.8, 4) is 5.75 Å². The number of carbonyl (C=O) groups is 1. The third-order valence-electron chi connectivity index (χ3n) is 5.22. The highest BCUT2D eigenvalue weighted by Gasteiger charge is 2.29. The average Bonchev–Trinajstić information content (AvgIpc) is 3.02. The first-order valence-corrected chi connectivity index (χ1v) is 10.1. The SMILES string of the molecule is COc1cccc(CNC2CCc3c(c(C(=O)N(C)C)nn3CC(C)C)C2)c1. The molecule has 0 bridgehead atoms. The standard InChI is InChI=1S/C22H32N4O2/c1-15(2)14-26-20-10-9-17(12-19(20)21(24-26)22(27)25(3)4)23-13-16-7-6-8-18(11-16)28-5/h6-8,11,15,17,23H,9-10,12-14H2,1-5H3. The first-order valence-electron chi connectivity index (χ1n) is 10.1. The lowest BCUT2D eigenvalue weighted by Crippen LogP contribution is -2.35. The van der Waals surface area contributed by atoms with Gasteiger partial charge in [-0.1, -0.05) is 26.0 Å². The maximum atomic E-state index is 12.7. The molecule has 1 atom stereocenters. The normalized spacial score (nSPS) is 16.1. The minimum absolute atomic E-state index is 0.00722. The summed E-state index contributed by atoms with van der Waals surface area (Å²) in [5.41, 5.74) is 4.17. The van der Waals surface area contributed by atoms with E-state index in [4.69, 9.17) is 9.84 Å². The highest BCUT2D eigenvalue weighted by atomic mass is 16.5. The lowest BCUT2D eigenvalue weighted by molar-refractivity contribution is 0.0819. The van der Waals surface area contributed by atoms with E-state index in [9.17, 15) is 4.79 Å². The summed E-state index contributed by atoms with van der Waals surface area (Å²) < 4.78 is 7.38. The number of methoxy groups -OCH3 is 1. The zero-order valence-electron chi connectivity index (χ0n) is 17.7. The van der Waals surface area contributed by atoms with E-state index in [0.29, 0.717) is 17.7 Å². The molecule has 6 nitrogen and oxygen atoms in total. The van der Waals surface area contributed by atoms with Crippen molar-refractivity contribution in [2.24, 2.45) is 5.92 Å². The lowest BCUT2D eigenvalue weighted by Gasteiger charge is -2.25. The van der Waals surface area contributed by atoms with E-state index < -0.39 is 0 Å². The van der Waals surface area contributed by atoms with Crippen LogP contribution in [0, 0.1) is 5.92 Å². The molecule has 0 spiro atoms. The van der Waals surface area contributed by atoms with E-state index in [0.717, 1.165) is 43.7 Å². The van der Waals surface area contributed by atoms with Crippen molar-refractivity contribution in [3.63, 3.8) is 0 Å². The molecule has 0 saturated heterocycles. The van der Waals surface area contributed by atoms with Crippen molar-refractivity contribution >= 4 is 5.91 Å². The zero-order chi connectivity index (χ0) is 20.3. The molecule has 1 aliphatic rings. The maximum absolute atomic E-state index is 12.7. The summed E-state index contributed by atoms with van der Waals surface area (Å²) in [6, 6.07) is 8.47. The van der Waals surface area contributed by atoms with Crippen LogP contribution in [0.15, 0.2) is 24.3 Å². The number of nitrogens with one attached hydrogen (secondary N) is 1. The molecule has 1 amide bonds. The van der Waals surface area contributed by atoms with E-state index in [2.05, 4.69) is 36.0 Å². The van der Waals surface area contributed by atoms with Crippen LogP contribution in [0.3, 0.4) is 0 Å². The molecule has 1 aromatic carbocycles. The molecule has 0 fully saturated rings. The summed E-state index contributed by atoms with van der Waals surface area (Å²) in [6.45, 7) is 6.00. The molecule has 1 aliphatic carbocycles. The number of nitrogens with zero attached hydrogens (tertiary/aromatic N) is 3. The summed E-state index contributed by atoms with van der Waals surface area (Å²) >= 11 is 0. The molecule has 3 rings (SSSR count). The second kappa shape index (κ2) is 8.78. The van der Waals surface area contributed by atoms with Crippen molar-refractivity contribution in [2.45, 2.75) is 52.2 Å². The van der Waals surface area contributed by atoms with Crippen LogP contribution in [0.1, 0.15) is 47.6 Å². The first kappa shape index (κ1) is 20.4. The fourth-order valence-corrected chi connectivity index (χ4v) is 3.79. The van der Waals surface area contributed by atoms with Gasteiger partial charge in [0.2, 0.25) is 0 Å². The highest BCUT2D eigenvalue weighted by Crippen LogP contribution is 2.26. The van der Waals surface area contributed by atoms with E-state index in [1.807, 2.05) is 12.1 Å². The Balaban J connectivity index is 1.76. The predicted molar refractivity (Wildman–Crippen MR) is 111 cm³/mol. The van der Waals surface area contributed by atoms with E-state index in [1.165, 1.54) is 11.3 Å². The summed E-state index contributed by atoms with van der Waals surface area (Å²) in [7, 11) is 5.27. The molecular weight excluding hydrogens is 352 g/mol. The summed E-state index contributed by atoms with van der Waals surface area (Å²) in [5.74, 6) is 1.36. The second-order valence-electron chi connectivity index (χ2n) is 8.22. The number of hydrogen-bond acceptors (Lipinski definition) is 4. The van der Waals surface area contributed by atoms with Crippen molar-refractivity contribution in [1.82, 2.24) is 20.0 Å². The quantitative estimate of drug-likeness (QED) is 0.797. The van der Waals surface area contributed by atoms with Gasteiger partial charge in [0.05, 0.1) is 7.11 Å². The first-order chi connectivity index (χ1) is 13.4. The molecule has 0 saturated carbocycles. The van der Waals surface area contributed by atoms with Gasteiger partial charge >= 0.3 is 0 Å². The maximum Gasteiger partial charge on any atom is 0.274 e. The van der Waals surface area contributed by atoms with Crippen molar-refractivity contribution in [3.05, 3.63) is 46.8 Å². The molecule has 6 heteroatoms. The summed E-state index contributed by atoms with van der Waals surface area (Å²) in [6.07, 6.45) is 2.84. The molecule has 2 aromatic rings. The van der Waals surface area contributed by atoms with Crippen LogP contribution in [0.5, 0.6) is 5.75 Å². The van der Waals surface area contributed by atoms with Gasteiger partial charge < -0.3 is 15.0 Å². The lowest BCUT2D eigenvalue weighted by atomic mass is 9.90. The Morgan fingerprint density at radius 1 is 1.39 bits per heavy atom. The van der Waals surface area contributed by atoms with E-state index in [1.54, 1.807) is 26.1 Å². The number of fused-ring (bicyclic) bond motifs is 1. The topological polar surface area (TPSA) is 59.4 Å². The van der Waals surface area contributed by atoms with Crippen molar-refractivity contribution in [1.29, 1.82) is 0 Å². The van der Waals surface area contributed by atoms with Crippen LogP contribution in [0.25, 0.3) is 0 Å². The Kier molecular flexibility index (Phi) is 6.39. The average molecular weight is 385 g/mol. The van der Waals surface area contributed by atoms with Gasteiger partial charge in [-0.25, -0.2) is 0 Å². The minimum atomic E-state index is -0.00722. The smallest absolute Gasteiger partial charge is 0.274 e. The Bertz CT molecular complexity index is 826. The molecule has 28 heavy (non-hydrogen) atoms. The second-order valence-corrected chi connectivity index (χ2v) is 8.22.